The molecule has 0 aliphatic carbocycles. The highest BCUT2D eigenvalue weighted by Gasteiger charge is 2.36. The lowest BCUT2D eigenvalue weighted by atomic mass is 9.83. The van der Waals surface area contributed by atoms with Crippen molar-refractivity contribution in [3.63, 3.8) is 0 Å². The first-order valence-corrected chi connectivity index (χ1v) is 6.99. The summed E-state index contributed by atoms with van der Waals surface area (Å²) >= 11 is 0. The minimum atomic E-state index is -1.06. The van der Waals surface area contributed by atoms with Gasteiger partial charge in [-0.15, -0.1) is 0 Å². The highest BCUT2D eigenvalue weighted by Crippen LogP contribution is 2.34. The zero-order chi connectivity index (χ0) is 15.0. The Bertz CT molecular complexity index is 639. The Kier molecular flexibility index (Phi) is 3.40. The van der Waals surface area contributed by atoms with E-state index in [0.29, 0.717) is 19.6 Å². The number of hydrogen-bond acceptors (Lipinski definition) is 3. The van der Waals surface area contributed by atoms with Gasteiger partial charge in [-0.05, 0) is 18.4 Å². The molecule has 7 heteroatoms. The minimum Gasteiger partial charge on any atom is -0.480 e. The number of likely N-dealkylation sites (tertiary alicyclic amines) is 1. The van der Waals surface area contributed by atoms with Crippen molar-refractivity contribution in [2.24, 2.45) is 5.92 Å². The van der Waals surface area contributed by atoms with Crippen LogP contribution in [0.25, 0.3) is 0 Å². The lowest BCUT2D eigenvalue weighted by Crippen LogP contribution is -2.52. The van der Waals surface area contributed by atoms with Gasteiger partial charge in [-0.2, -0.15) is 0 Å². The van der Waals surface area contributed by atoms with E-state index in [9.17, 15) is 14.4 Å². The topological polar surface area (TPSA) is 91.6 Å². The molecule has 2 N–H and O–H groups in total. The maximum Gasteiger partial charge on any atom is 0.323 e. The monoisotopic (exact) mass is 291 g/mol. The van der Waals surface area contributed by atoms with E-state index < -0.39 is 5.97 Å². The molecule has 1 aromatic rings. The van der Waals surface area contributed by atoms with Gasteiger partial charge in [-0.3, -0.25) is 9.59 Å². The Labute approximate surface area is 121 Å². The second-order valence-electron chi connectivity index (χ2n) is 5.66. The van der Waals surface area contributed by atoms with Gasteiger partial charge in [0.25, 0.3) is 5.56 Å². The van der Waals surface area contributed by atoms with Crippen molar-refractivity contribution in [1.29, 1.82) is 0 Å². The maximum absolute atomic E-state index is 12.0. The molecular weight excluding hydrogens is 274 g/mol. The van der Waals surface area contributed by atoms with Crippen molar-refractivity contribution < 1.29 is 14.7 Å². The first-order chi connectivity index (χ1) is 10.0. The number of carbonyl (C=O) groups is 2. The third-order valence-corrected chi connectivity index (χ3v) is 4.16. The number of nitrogens with one attached hydrogen (secondary N) is 1. The summed E-state index contributed by atoms with van der Waals surface area (Å²) in [6.07, 6.45) is 0.964. The molecule has 112 valence electrons. The SMILES string of the molecule is O=C(O)CNC(=O)N1CC2C[C@@H](C1)Cn1c2cccc1=O. The molecule has 0 radical (unpaired) electrons. The summed E-state index contributed by atoms with van der Waals surface area (Å²) in [7, 11) is 0. The van der Waals surface area contributed by atoms with Crippen LogP contribution in [0.2, 0.25) is 0 Å². The number of carboxylic acids is 1. The Balaban J connectivity index is 1.77. The number of piperidine rings is 1. The molecule has 1 unspecified atom stereocenters. The molecule has 0 aromatic carbocycles. The summed E-state index contributed by atoms with van der Waals surface area (Å²) in [4.78, 5) is 36.1. The van der Waals surface area contributed by atoms with Gasteiger partial charge in [-0.1, -0.05) is 6.07 Å². The second-order valence-corrected chi connectivity index (χ2v) is 5.66. The number of rotatable bonds is 2. The molecule has 2 aliphatic rings. The normalized spacial score (nSPS) is 23.3. The van der Waals surface area contributed by atoms with Gasteiger partial charge in [0.05, 0.1) is 0 Å². The number of nitrogens with zero attached hydrogens (tertiary/aromatic N) is 2. The molecule has 1 saturated heterocycles. The summed E-state index contributed by atoms with van der Waals surface area (Å²) in [5.41, 5.74) is 0.973. The summed E-state index contributed by atoms with van der Waals surface area (Å²) in [5.74, 6) is -0.675. The van der Waals surface area contributed by atoms with E-state index in [1.54, 1.807) is 21.6 Å². The van der Waals surface area contributed by atoms with Crippen LogP contribution in [-0.4, -0.2) is 46.2 Å². The highest BCUT2D eigenvalue weighted by atomic mass is 16.4. The van der Waals surface area contributed by atoms with Gasteiger partial charge in [0.2, 0.25) is 0 Å². The standard InChI is InChI=1S/C14H17N3O4/c18-12-3-1-2-11-10-4-9(7-17(11)12)6-16(8-10)14(21)15-5-13(19)20/h1-3,9-10H,4-8H2,(H,15,21)(H,19,20)/t9-,10?/m0/s1. The second kappa shape index (κ2) is 5.23. The molecule has 1 fully saturated rings. The predicted molar refractivity (Wildman–Crippen MR) is 74.2 cm³/mol. The largest absolute Gasteiger partial charge is 0.480 e. The van der Waals surface area contributed by atoms with E-state index >= 15 is 0 Å². The lowest BCUT2D eigenvalue weighted by Gasteiger charge is -2.42. The fourth-order valence-corrected chi connectivity index (χ4v) is 3.33. The van der Waals surface area contributed by atoms with Crippen LogP contribution in [-0.2, 0) is 11.3 Å². The van der Waals surface area contributed by atoms with Crippen molar-refractivity contribution >= 4 is 12.0 Å². The van der Waals surface area contributed by atoms with E-state index in [1.807, 2.05) is 6.07 Å². The quantitative estimate of drug-likeness (QED) is 0.806. The molecule has 2 amide bonds. The van der Waals surface area contributed by atoms with Gasteiger partial charge in [-0.25, -0.2) is 4.79 Å². The average molecular weight is 291 g/mol. The number of aromatic nitrogens is 1. The Morgan fingerprint density at radius 2 is 2.10 bits per heavy atom. The molecule has 3 rings (SSSR count). The van der Waals surface area contributed by atoms with Gasteiger partial charge >= 0.3 is 12.0 Å². The van der Waals surface area contributed by atoms with Gasteiger partial charge < -0.3 is 19.9 Å². The molecule has 2 aliphatic heterocycles. The molecule has 0 spiro atoms. The first-order valence-electron chi connectivity index (χ1n) is 6.99. The molecule has 7 nitrogen and oxygen atoms in total. The van der Waals surface area contributed by atoms with Crippen molar-refractivity contribution in [3.05, 3.63) is 34.2 Å². The van der Waals surface area contributed by atoms with Crippen LogP contribution in [0, 0.1) is 5.92 Å². The van der Waals surface area contributed by atoms with E-state index in [1.165, 1.54) is 0 Å². The van der Waals surface area contributed by atoms with E-state index in [4.69, 9.17) is 5.11 Å². The smallest absolute Gasteiger partial charge is 0.323 e. The molecule has 2 bridgehead atoms. The molecule has 1 aromatic heterocycles. The van der Waals surface area contributed by atoms with E-state index in [-0.39, 0.29) is 30.0 Å². The number of aliphatic carboxylic acids is 1. The van der Waals surface area contributed by atoms with Crippen molar-refractivity contribution in [2.45, 2.75) is 18.9 Å². The van der Waals surface area contributed by atoms with Crippen LogP contribution in [0.1, 0.15) is 18.0 Å². The Morgan fingerprint density at radius 3 is 2.86 bits per heavy atom. The number of urea groups is 1. The third-order valence-electron chi connectivity index (χ3n) is 4.16. The van der Waals surface area contributed by atoms with Crippen LogP contribution >= 0.6 is 0 Å². The number of fused-ring (bicyclic) bond motifs is 4. The summed E-state index contributed by atoms with van der Waals surface area (Å²) in [6.45, 7) is 1.32. The van der Waals surface area contributed by atoms with Gasteiger partial charge in [0, 0.05) is 37.3 Å². The summed E-state index contributed by atoms with van der Waals surface area (Å²) in [5, 5.41) is 11.0. The zero-order valence-corrected chi connectivity index (χ0v) is 11.5. The first kappa shape index (κ1) is 13.7. The zero-order valence-electron chi connectivity index (χ0n) is 11.5. The molecule has 21 heavy (non-hydrogen) atoms. The van der Waals surface area contributed by atoms with Gasteiger partial charge in [0.15, 0.2) is 0 Å². The van der Waals surface area contributed by atoms with Crippen LogP contribution in [0.3, 0.4) is 0 Å². The average Bonchev–Trinajstić information content (AvgIpc) is 2.45. The lowest BCUT2D eigenvalue weighted by molar-refractivity contribution is -0.135. The van der Waals surface area contributed by atoms with Crippen LogP contribution < -0.4 is 10.9 Å². The fourth-order valence-electron chi connectivity index (χ4n) is 3.33. The predicted octanol–water partition coefficient (Wildman–Crippen LogP) is 0.0616. The highest BCUT2D eigenvalue weighted by molar-refractivity contribution is 5.80. The van der Waals surface area contributed by atoms with E-state index in [0.717, 1.165) is 12.1 Å². The number of carbonyl (C=O) groups excluding carboxylic acids is 1. The fraction of sp³-hybridized carbons (Fsp3) is 0.500. The summed E-state index contributed by atoms with van der Waals surface area (Å²) in [6, 6.07) is 4.89. The van der Waals surface area contributed by atoms with Crippen LogP contribution in [0.5, 0.6) is 0 Å². The number of hydrogen-bond donors (Lipinski definition) is 2. The Morgan fingerprint density at radius 1 is 1.29 bits per heavy atom. The summed E-state index contributed by atoms with van der Waals surface area (Å²) < 4.78 is 1.80. The molecular formula is C14H17N3O4. The van der Waals surface area contributed by atoms with Crippen LogP contribution in [0.4, 0.5) is 4.79 Å². The van der Waals surface area contributed by atoms with Crippen LogP contribution in [0.15, 0.2) is 23.0 Å². The third kappa shape index (κ3) is 2.63. The number of carboxylic acid groups (broad SMARTS) is 1. The Hall–Kier alpha value is -2.31. The number of amides is 2. The molecule has 2 atom stereocenters. The van der Waals surface area contributed by atoms with Crippen molar-refractivity contribution in [1.82, 2.24) is 14.8 Å². The van der Waals surface area contributed by atoms with E-state index in [2.05, 4.69) is 5.32 Å². The van der Waals surface area contributed by atoms with Crippen molar-refractivity contribution in [3.8, 4) is 0 Å². The maximum atomic E-state index is 12.0. The molecule has 0 saturated carbocycles. The van der Waals surface area contributed by atoms with Gasteiger partial charge in [0.1, 0.15) is 6.54 Å². The van der Waals surface area contributed by atoms with Crippen molar-refractivity contribution in [2.75, 3.05) is 19.6 Å². The number of pyridine rings is 1. The minimum absolute atomic E-state index is 0.00554. The molecule has 3 heterocycles.